The third-order valence-corrected chi connectivity index (χ3v) is 4.78. The van der Waals surface area contributed by atoms with Crippen molar-refractivity contribution < 1.29 is 14.3 Å². The van der Waals surface area contributed by atoms with Crippen molar-refractivity contribution in [2.24, 2.45) is 0 Å². The van der Waals surface area contributed by atoms with E-state index in [2.05, 4.69) is 5.32 Å². The molecule has 0 saturated heterocycles. The van der Waals surface area contributed by atoms with Gasteiger partial charge in [-0.2, -0.15) is 0 Å². The van der Waals surface area contributed by atoms with E-state index in [1.807, 2.05) is 30.3 Å². The van der Waals surface area contributed by atoms with Gasteiger partial charge in [0.2, 0.25) is 0 Å². The van der Waals surface area contributed by atoms with E-state index in [0.29, 0.717) is 23.4 Å². The smallest absolute Gasteiger partial charge is 0.339 e. The minimum absolute atomic E-state index is 0.107. The van der Waals surface area contributed by atoms with Crippen LogP contribution in [0.5, 0.6) is 11.5 Å². The van der Waals surface area contributed by atoms with Crippen LogP contribution in [-0.2, 0) is 19.4 Å². The van der Waals surface area contributed by atoms with E-state index >= 15 is 0 Å². The molecule has 0 atom stereocenters. The van der Waals surface area contributed by atoms with Crippen LogP contribution in [0, 0.1) is 0 Å². The highest BCUT2D eigenvalue weighted by molar-refractivity contribution is 5.86. The van der Waals surface area contributed by atoms with Crippen molar-refractivity contribution in [1.82, 2.24) is 0 Å². The Kier molecular flexibility index (Phi) is 3.84. The van der Waals surface area contributed by atoms with Crippen molar-refractivity contribution in [2.75, 3.05) is 12.4 Å². The number of para-hydroxylation sites is 2. The number of phenolic OH excluding ortho intramolecular Hbond substituents is 1. The van der Waals surface area contributed by atoms with E-state index in [-0.39, 0.29) is 11.4 Å². The first-order chi connectivity index (χ1) is 12.2. The molecular weight excluding hydrogens is 318 g/mol. The van der Waals surface area contributed by atoms with Gasteiger partial charge in [-0.3, -0.25) is 0 Å². The van der Waals surface area contributed by atoms with Crippen LogP contribution in [-0.4, -0.2) is 12.2 Å². The minimum Gasteiger partial charge on any atom is -0.507 e. The van der Waals surface area contributed by atoms with E-state index in [1.54, 1.807) is 13.2 Å². The number of aryl methyl sites for hydroxylation is 1. The Morgan fingerprint density at radius 1 is 1.16 bits per heavy atom. The lowest BCUT2D eigenvalue weighted by Crippen LogP contribution is -2.09. The summed E-state index contributed by atoms with van der Waals surface area (Å²) in [5.41, 5.74) is 3.41. The predicted molar refractivity (Wildman–Crippen MR) is 96.5 cm³/mol. The predicted octanol–water partition coefficient (Wildman–Crippen LogP) is 3.61. The third kappa shape index (κ3) is 2.61. The number of fused-ring (bicyclic) bond motifs is 3. The number of rotatable bonds is 4. The molecule has 128 valence electrons. The fourth-order valence-corrected chi connectivity index (χ4v) is 3.54. The second kappa shape index (κ2) is 6.16. The number of benzene rings is 2. The van der Waals surface area contributed by atoms with Crippen LogP contribution in [0.3, 0.4) is 0 Å². The standard InChI is InChI=1S/C20H19NO4/c1-24-18-8-3-2-7-16(18)21-11-15-17(22)10-9-13-12-5-4-6-14(12)20(23)25-19(13)15/h2-3,7-10,21-22H,4-6,11H2,1H3. The van der Waals surface area contributed by atoms with Crippen LogP contribution in [0.4, 0.5) is 5.69 Å². The lowest BCUT2D eigenvalue weighted by Gasteiger charge is -2.14. The van der Waals surface area contributed by atoms with Gasteiger partial charge >= 0.3 is 5.63 Å². The minimum atomic E-state index is -0.288. The maximum atomic E-state index is 12.3. The summed E-state index contributed by atoms with van der Waals surface area (Å²) < 4.78 is 10.9. The lowest BCUT2D eigenvalue weighted by atomic mass is 10.0. The monoisotopic (exact) mass is 337 g/mol. The third-order valence-electron chi connectivity index (χ3n) is 4.78. The number of phenols is 1. The molecule has 2 aromatic carbocycles. The van der Waals surface area contributed by atoms with E-state index < -0.39 is 0 Å². The molecule has 0 fully saturated rings. The van der Waals surface area contributed by atoms with E-state index in [9.17, 15) is 9.90 Å². The summed E-state index contributed by atoms with van der Waals surface area (Å²) in [7, 11) is 1.61. The SMILES string of the molecule is COc1ccccc1NCc1c(O)ccc2c3c(c(=O)oc12)CCC3. The van der Waals surface area contributed by atoms with Crippen molar-refractivity contribution in [3.05, 3.63) is 63.5 Å². The zero-order valence-corrected chi connectivity index (χ0v) is 14.0. The Bertz CT molecular complexity index is 1010. The van der Waals surface area contributed by atoms with E-state index in [4.69, 9.17) is 9.15 Å². The maximum Gasteiger partial charge on any atom is 0.339 e. The molecule has 0 unspecified atom stereocenters. The molecule has 0 amide bonds. The Hall–Kier alpha value is -2.95. The van der Waals surface area contributed by atoms with Crippen molar-refractivity contribution in [1.29, 1.82) is 0 Å². The molecular formula is C20H19NO4. The van der Waals surface area contributed by atoms with Gasteiger partial charge in [-0.1, -0.05) is 12.1 Å². The first-order valence-electron chi connectivity index (χ1n) is 8.35. The lowest BCUT2D eigenvalue weighted by molar-refractivity contribution is 0.416. The van der Waals surface area contributed by atoms with E-state index in [1.165, 1.54) is 0 Å². The Labute approximate surface area is 144 Å². The largest absolute Gasteiger partial charge is 0.507 e. The summed E-state index contributed by atoms with van der Waals surface area (Å²) in [5.74, 6) is 0.820. The van der Waals surface area contributed by atoms with Crippen molar-refractivity contribution in [3.63, 3.8) is 0 Å². The summed E-state index contributed by atoms with van der Waals surface area (Å²) in [6, 6.07) is 11.1. The number of methoxy groups -OCH3 is 1. The second-order valence-electron chi connectivity index (χ2n) is 6.19. The molecule has 0 spiro atoms. The van der Waals surface area contributed by atoms with Gasteiger partial charge in [-0.15, -0.1) is 0 Å². The first-order valence-corrected chi connectivity index (χ1v) is 8.35. The molecule has 3 aromatic rings. The van der Waals surface area contributed by atoms with Gasteiger partial charge in [-0.25, -0.2) is 4.79 Å². The highest BCUT2D eigenvalue weighted by Crippen LogP contribution is 2.34. The van der Waals surface area contributed by atoms with Gasteiger partial charge < -0.3 is 19.6 Å². The van der Waals surface area contributed by atoms with Crippen LogP contribution >= 0.6 is 0 Å². The fraction of sp³-hybridized carbons (Fsp3) is 0.250. The van der Waals surface area contributed by atoms with Gasteiger partial charge in [0.15, 0.2) is 0 Å². The van der Waals surface area contributed by atoms with Gasteiger partial charge in [0.1, 0.15) is 17.1 Å². The average molecular weight is 337 g/mol. The number of hydrogen-bond donors (Lipinski definition) is 2. The number of nitrogens with one attached hydrogen (secondary N) is 1. The van der Waals surface area contributed by atoms with Crippen molar-refractivity contribution >= 4 is 16.7 Å². The van der Waals surface area contributed by atoms with Crippen LogP contribution in [0.25, 0.3) is 11.0 Å². The summed E-state index contributed by atoms with van der Waals surface area (Å²) in [4.78, 5) is 12.3. The Balaban J connectivity index is 1.78. The summed E-state index contributed by atoms with van der Waals surface area (Å²) >= 11 is 0. The normalized spacial score (nSPS) is 13.0. The molecule has 0 radical (unpaired) electrons. The molecule has 1 heterocycles. The molecule has 0 aliphatic heterocycles. The molecule has 25 heavy (non-hydrogen) atoms. The van der Waals surface area contributed by atoms with Crippen LogP contribution < -0.4 is 15.7 Å². The zero-order chi connectivity index (χ0) is 17.4. The molecule has 0 bridgehead atoms. The second-order valence-corrected chi connectivity index (χ2v) is 6.19. The molecule has 2 N–H and O–H groups in total. The van der Waals surface area contributed by atoms with E-state index in [0.717, 1.165) is 41.5 Å². The zero-order valence-electron chi connectivity index (χ0n) is 14.0. The highest BCUT2D eigenvalue weighted by atomic mass is 16.5. The highest BCUT2D eigenvalue weighted by Gasteiger charge is 2.22. The Morgan fingerprint density at radius 3 is 2.80 bits per heavy atom. The summed E-state index contributed by atoms with van der Waals surface area (Å²) in [5, 5.41) is 14.5. The maximum absolute atomic E-state index is 12.3. The molecule has 5 heteroatoms. The molecule has 5 nitrogen and oxygen atoms in total. The van der Waals surface area contributed by atoms with Crippen LogP contribution in [0.15, 0.2) is 45.6 Å². The first kappa shape index (κ1) is 15.6. The molecule has 1 aliphatic rings. The van der Waals surface area contributed by atoms with Crippen molar-refractivity contribution in [2.45, 2.75) is 25.8 Å². The molecule has 0 saturated carbocycles. The number of aromatic hydroxyl groups is 1. The number of hydrogen-bond acceptors (Lipinski definition) is 5. The molecule has 1 aromatic heterocycles. The Morgan fingerprint density at radius 2 is 1.96 bits per heavy atom. The summed E-state index contributed by atoms with van der Waals surface area (Å²) in [6.45, 7) is 0.325. The average Bonchev–Trinajstić information content (AvgIpc) is 3.12. The topological polar surface area (TPSA) is 71.7 Å². The number of ether oxygens (including phenoxy) is 1. The van der Waals surface area contributed by atoms with Gasteiger partial charge in [0, 0.05) is 17.5 Å². The van der Waals surface area contributed by atoms with Gasteiger partial charge in [0.25, 0.3) is 0 Å². The van der Waals surface area contributed by atoms with Crippen LogP contribution in [0.1, 0.15) is 23.1 Å². The van der Waals surface area contributed by atoms with Crippen LogP contribution in [0.2, 0.25) is 0 Å². The fourth-order valence-electron chi connectivity index (χ4n) is 3.54. The quantitative estimate of drug-likeness (QED) is 0.712. The van der Waals surface area contributed by atoms with Gasteiger partial charge in [0.05, 0.1) is 18.4 Å². The summed E-state index contributed by atoms with van der Waals surface area (Å²) in [6.07, 6.45) is 2.61. The van der Waals surface area contributed by atoms with Crippen molar-refractivity contribution in [3.8, 4) is 11.5 Å². The van der Waals surface area contributed by atoms with Gasteiger partial charge in [-0.05, 0) is 49.1 Å². The molecule has 1 aliphatic carbocycles. The molecule has 4 rings (SSSR count). The number of anilines is 1.